The van der Waals surface area contributed by atoms with Gasteiger partial charge in [-0.2, -0.15) is 5.10 Å². The van der Waals surface area contributed by atoms with Crippen molar-refractivity contribution in [1.82, 2.24) is 15.5 Å². The van der Waals surface area contributed by atoms with E-state index in [-0.39, 0.29) is 29.5 Å². The zero-order valence-electron chi connectivity index (χ0n) is 24.3. The fraction of sp³-hybridized carbons (Fsp3) is 0.226. The Bertz CT molecular complexity index is 1860. The number of anilines is 3. The molecule has 0 saturated carbocycles. The van der Waals surface area contributed by atoms with Crippen molar-refractivity contribution >= 4 is 56.4 Å². The third-order valence-electron chi connectivity index (χ3n) is 7.26. The first-order chi connectivity index (χ1) is 20.9. The highest BCUT2D eigenvalue weighted by Crippen LogP contribution is 2.38. The summed E-state index contributed by atoms with van der Waals surface area (Å²) in [6.45, 7) is 5.38. The summed E-state index contributed by atoms with van der Waals surface area (Å²) in [5, 5.41) is 15.4. The smallest absolute Gasteiger partial charge is 0.273 e. The molecule has 3 amide bonds. The van der Waals surface area contributed by atoms with Crippen LogP contribution in [0.5, 0.6) is 0 Å². The van der Waals surface area contributed by atoms with Crippen molar-refractivity contribution in [2.75, 3.05) is 21.5 Å². The molecule has 0 fully saturated rings. The van der Waals surface area contributed by atoms with Gasteiger partial charge in [0, 0.05) is 17.3 Å². The minimum absolute atomic E-state index is 0.00799. The summed E-state index contributed by atoms with van der Waals surface area (Å²) in [5.74, 6) is -1.39. The van der Waals surface area contributed by atoms with E-state index in [4.69, 9.17) is 11.6 Å². The molecule has 13 heteroatoms. The van der Waals surface area contributed by atoms with E-state index in [0.717, 1.165) is 9.87 Å². The minimum Gasteiger partial charge on any atom is -0.356 e. The quantitative estimate of drug-likeness (QED) is 0.213. The number of nitrogens with one attached hydrogen (secondary N) is 4. The summed E-state index contributed by atoms with van der Waals surface area (Å²) in [4.78, 5) is 38.6. The van der Waals surface area contributed by atoms with Gasteiger partial charge >= 0.3 is 0 Å². The summed E-state index contributed by atoms with van der Waals surface area (Å²) in [5.41, 5.74) is 4.18. The van der Waals surface area contributed by atoms with Crippen LogP contribution in [0.3, 0.4) is 0 Å². The lowest BCUT2D eigenvalue weighted by Crippen LogP contribution is -2.53. The van der Waals surface area contributed by atoms with E-state index in [1.807, 2.05) is 12.1 Å². The summed E-state index contributed by atoms with van der Waals surface area (Å²) >= 11 is 6.22. The van der Waals surface area contributed by atoms with E-state index in [1.165, 1.54) is 6.07 Å². The summed E-state index contributed by atoms with van der Waals surface area (Å²) in [6.07, 6.45) is 0.0910. The number of benzene rings is 3. The molecule has 0 bridgehead atoms. The number of H-pyrrole nitrogens is 1. The van der Waals surface area contributed by atoms with Crippen LogP contribution in [0.1, 0.15) is 39.3 Å². The lowest BCUT2D eigenvalue weighted by atomic mass is 10.1. The molecule has 4 N–H and O–H groups in total. The van der Waals surface area contributed by atoms with Gasteiger partial charge < -0.3 is 16.0 Å². The van der Waals surface area contributed by atoms with Crippen molar-refractivity contribution in [2.24, 2.45) is 0 Å². The van der Waals surface area contributed by atoms with Crippen LogP contribution in [0.4, 0.5) is 17.1 Å². The predicted octanol–water partition coefficient (Wildman–Crippen LogP) is 4.51. The maximum atomic E-state index is 14.1. The Labute approximate surface area is 260 Å². The lowest BCUT2D eigenvalue weighted by molar-refractivity contribution is -0.125. The highest BCUT2D eigenvalue weighted by molar-refractivity contribution is 7.93. The van der Waals surface area contributed by atoms with Crippen molar-refractivity contribution in [3.63, 3.8) is 0 Å². The van der Waals surface area contributed by atoms with Gasteiger partial charge in [0.05, 0.1) is 28.4 Å². The third-order valence-corrected chi connectivity index (χ3v) is 9.63. The predicted molar refractivity (Wildman–Crippen MR) is 169 cm³/mol. The molecule has 1 aromatic heterocycles. The molecule has 1 atom stereocenters. The lowest BCUT2D eigenvalue weighted by Gasteiger charge is -2.37. The first kappa shape index (κ1) is 30.8. The molecule has 0 saturated heterocycles. The Morgan fingerprint density at radius 3 is 2.43 bits per heavy atom. The fourth-order valence-corrected chi connectivity index (χ4v) is 7.10. The number of rotatable bonds is 9. The molecule has 228 valence electrons. The zero-order valence-corrected chi connectivity index (χ0v) is 25.8. The minimum atomic E-state index is -4.27. The highest BCUT2D eigenvalue weighted by Gasteiger charge is 2.42. The molecular formula is C31H31ClN6O5S. The second kappa shape index (κ2) is 12.5. The van der Waals surface area contributed by atoms with Gasteiger partial charge in [-0.15, -0.1) is 0 Å². The molecule has 44 heavy (non-hydrogen) atoms. The molecule has 0 spiro atoms. The number of halogens is 1. The molecule has 3 aromatic carbocycles. The molecule has 1 aliphatic rings. The monoisotopic (exact) mass is 634 g/mol. The third kappa shape index (κ3) is 6.46. The van der Waals surface area contributed by atoms with Crippen molar-refractivity contribution < 1.29 is 22.8 Å². The van der Waals surface area contributed by atoms with Crippen LogP contribution in [-0.4, -0.2) is 48.9 Å². The van der Waals surface area contributed by atoms with Crippen LogP contribution in [0.25, 0.3) is 0 Å². The largest absolute Gasteiger partial charge is 0.356 e. The molecule has 0 aliphatic carbocycles. The molecule has 11 nitrogen and oxygen atoms in total. The number of hydrogen-bond donors (Lipinski definition) is 4. The van der Waals surface area contributed by atoms with Gasteiger partial charge in [0.25, 0.3) is 15.9 Å². The van der Waals surface area contributed by atoms with Gasteiger partial charge in [0.2, 0.25) is 11.8 Å². The van der Waals surface area contributed by atoms with E-state index in [0.29, 0.717) is 45.3 Å². The number of nitrogens with zero attached hydrogens (tertiary/aromatic N) is 2. The van der Waals surface area contributed by atoms with Crippen molar-refractivity contribution in [2.45, 2.75) is 44.6 Å². The maximum absolute atomic E-state index is 14.1. The number of hydrogen-bond acceptors (Lipinski definition) is 6. The molecule has 4 aromatic rings. The summed E-state index contributed by atoms with van der Waals surface area (Å²) in [7, 11) is -4.27. The van der Waals surface area contributed by atoms with Crippen LogP contribution in [0.2, 0.25) is 5.02 Å². The number of para-hydroxylation sites is 2. The van der Waals surface area contributed by atoms with E-state index in [1.54, 1.807) is 69.3 Å². The van der Waals surface area contributed by atoms with Gasteiger partial charge in [-0.05, 0) is 86.3 Å². The SMILES string of the molecule is Cc1cc(C(=O)Nc2ccc(CCNC(=O)C[C@@H]3C(=O)Nc4ccccc4N3S(=O)(=O)c3cc(C)c(Cl)cc3C)cc2)[nH]n1. The number of aromatic nitrogens is 2. The molecule has 5 rings (SSSR count). The van der Waals surface area contributed by atoms with E-state index < -0.39 is 27.9 Å². The van der Waals surface area contributed by atoms with Gasteiger partial charge in [-0.1, -0.05) is 35.9 Å². The second-order valence-corrected chi connectivity index (χ2v) is 12.8. The van der Waals surface area contributed by atoms with E-state index in [2.05, 4.69) is 26.1 Å². The number of carbonyl (C=O) groups excluding carboxylic acids is 3. The van der Waals surface area contributed by atoms with Crippen LogP contribution in [0, 0.1) is 20.8 Å². The van der Waals surface area contributed by atoms with Crippen molar-refractivity contribution in [3.8, 4) is 0 Å². The molecule has 0 radical (unpaired) electrons. The number of fused-ring (bicyclic) bond motifs is 1. The number of sulfonamides is 1. The average molecular weight is 635 g/mol. The molecule has 1 aliphatic heterocycles. The van der Waals surface area contributed by atoms with Crippen LogP contribution in [0.15, 0.2) is 71.6 Å². The summed E-state index contributed by atoms with van der Waals surface area (Å²) in [6, 6.07) is 17.1. The average Bonchev–Trinajstić information content (AvgIpc) is 3.42. The van der Waals surface area contributed by atoms with Crippen LogP contribution in [-0.2, 0) is 26.0 Å². The molecular weight excluding hydrogens is 604 g/mol. The number of aromatic amines is 1. The Kier molecular flexibility index (Phi) is 8.75. The Morgan fingerprint density at radius 1 is 1.00 bits per heavy atom. The Balaban J connectivity index is 1.27. The van der Waals surface area contributed by atoms with Gasteiger partial charge in [0.15, 0.2) is 0 Å². The van der Waals surface area contributed by atoms with Gasteiger partial charge in [-0.3, -0.25) is 23.8 Å². The first-order valence-electron chi connectivity index (χ1n) is 13.8. The van der Waals surface area contributed by atoms with Crippen molar-refractivity contribution in [1.29, 1.82) is 0 Å². The second-order valence-electron chi connectivity index (χ2n) is 10.6. The number of aryl methyl sites for hydroxylation is 3. The van der Waals surface area contributed by atoms with Crippen molar-refractivity contribution in [3.05, 3.63) is 99.8 Å². The molecule has 2 heterocycles. The van der Waals surface area contributed by atoms with E-state index >= 15 is 0 Å². The highest BCUT2D eigenvalue weighted by atomic mass is 35.5. The standard InChI is InChI=1S/C31H31ClN6O5S/c1-18-15-28(19(2)14-23(18)32)44(42,43)38-26-7-5-4-6-24(26)35-31(41)27(38)17-29(39)33-13-12-21-8-10-22(11-9-21)34-30(40)25-16-20(3)36-37-25/h4-11,14-16,27H,12-13,17H2,1-3H3,(H,33,39)(H,34,40)(H,35,41)(H,36,37)/t27-/m1/s1. The van der Waals surface area contributed by atoms with Crippen LogP contribution >= 0.6 is 11.6 Å². The fourth-order valence-electron chi connectivity index (χ4n) is 4.96. The Morgan fingerprint density at radius 2 is 1.73 bits per heavy atom. The zero-order chi connectivity index (χ0) is 31.6. The number of carbonyl (C=O) groups is 3. The maximum Gasteiger partial charge on any atom is 0.273 e. The Hall–Kier alpha value is -4.68. The topological polar surface area (TPSA) is 153 Å². The van der Waals surface area contributed by atoms with E-state index in [9.17, 15) is 22.8 Å². The molecule has 0 unspecified atom stereocenters. The van der Waals surface area contributed by atoms with Crippen LogP contribution < -0.4 is 20.3 Å². The summed E-state index contributed by atoms with van der Waals surface area (Å²) < 4.78 is 29.2. The van der Waals surface area contributed by atoms with Gasteiger partial charge in [0.1, 0.15) is 11.7 Å². The first-order valence-corrected chi connectivity index (χ1v) is 15.7. The van der Waals surface area contributed by atoms with Gasteiger partial charge in [-0.25, -0.2) is 8.42 Å². The normalized spacial score (nSPS) is 14.5. The number of amides is 3.